The molecule has 0 aromatic heterocycles. The topological polar surface area (TPSA) is 105 Å². The fourth-order valence-electron chi connectivity index (χ4n) is 11.1. The lowest BCUT2D eigenvalue weighted by Crippen LogP contribution is -2.46. The highest BCUT2D eigenvalue weighted by molar-refractivity contribution is 7.47. The van der Waals surface area contributed by atoms with Crippen LogP contribution in [-0.4, -0.2) is 73.4 Å². The Labute approximate surface area is 523 Å². The molecule has 0 saturated heterocycles. The van der Waals surface area contributed by atoms with Gasteiger partial charge in [-0.1, -0.05) is 357 Å². The molecule has 0 bridgehead atoms. The van der Waals surface area contributed by atoms with Crippen LogP contribution < -0.4 is 5.32 Å². The zero-order chi connectivity index (χ0) is 61.2. The number of nitrogens with one attached hydrogen (secondary N) is 1. The molecule has 0 aliphatic heterocycles. The number of hydrogen-bond acceptors (Lipinski definition) is 5. The van der Waals surface area contributed by atoms with Crippen LogP contribution in [0.4, 0.5) is 0 Å². The van der Waals surface area contributed by atoms with Gasteiger partial charge in [0.1, 0.15) is 13.2 Å². The van der Waals surface area contributed by atoms with Crippen molar-refractivity contribution < 1.29 is 32.9 Å². The molecule has 0 heterocycles. The lowest BCUT2D eigenvalue weighted by molar-refractivity contribution is -0.870. The summed E-state index contributed by atoms with van der Waals surface area (Å²) in [6.45, 7) is 4.83. The summed E-state index contributed by atoms with van der Waals surface area (Å²) < 4.78 is 23.9. The van der Waals surface area contributed by atoms with Crippen molar-refractivity contribution in [1.29, 1.82) is 0 Å². The Hall–Kier alpha value is -1.80. The van der Waals surface area contributed by atoms with E-state index in [0.717, 1.165) is 70.6 Å². The quantitative estimate of drug-likeness (QED) is 0.0243. The fourth-order valence-corrected chi connectivity index (χ4v) is 11.9. The Morgan fingerprint density at radius 3 is 1.05 bits per heavy atom. The molecule has 0 saturated carbocycles. The number of phosphoric acid groups is 1. The molecule has 0 aliphatic carbocycles. The number of carbonyl (C=O) groups is 1. The van der Waals surface area contributed by atoms with Crippen molar-refractivity contribution in [2.75, 3.05) is 40.9 Å². The largest absolute Gasteiger partial charge is 0.472 e. The molecular formula is C75H144N2O6P+. The molecular weight excluding hydrogens is 1060 g/mol. The second-order valence-corrected chi connectivity index (χ2v) is 27.8. The van der Waals surface area contributed by atoms with Crippen molar-refractivity contribution in [3.8, 4) is 0 Å². The van der Waals surface area contributed by atoms with Crippen LogP contribution in [0.15, 0.2) is 60.8 Å². The van der Waals surface area contributed by atoms with Crippen LogP contribution in [0, 0.1) is 0 Å². The molecule has 0 rings (SSSR count). The van der Waals surface area contributed by atoms with Gasteiger partial charge in [-0.05, 0) is 57.8 Å². The first-order chi connectivity index (χ1) is 41.0. The zero-order valence-electron chi connectivity index (χ0n) is 56.7. The van der Waals surface area contributed by atoms with Crippen LogP contribution in [0.5, 0.6) is 0 Å². The van der Waals surface area contributed by atoms with Crippen LogP contribution in [0.2, 0.25) is 0 Å². The first kappa shape index (κ1) is 82.2. The van der Waals surface area contributed by atoms with Gasteiger partial charge in [-0.3, -0.25) is 13.8 Å². The monoisotopic (exact) mass is 1200 g/mol. The lowest BCUT2D eigenvalue weighted by Gasteiger charge is -2.26. The molecule has 494 valence electrons. The predicted octanol–water partition coefficient (Wildman–Crippen LogP) is 23.6. The number of unbranched alkanes of at least 4 members (excludes halogenated alkanes) is 45. The summed E-state index contributed by atoms with van der Waals surface area (Å²) in [4.78, 5) is 23.5. The van der Waals surface area contributed by atoms with Crippen LogP contribution in [0.25, 0.3) is 0 Å². The second-order valence-electron chi connectivity index (χ2n) is 26.3. The number of aliphatic hydroxyl groups excluding tert-OH is 1. The highest BCUT2D eigenvalue weighted by atomic mass is 31.2. The number of aliphatic hydroxyl groups is 1. The number of quaternary nitrogens is 1. The summed E-state index contributed by atoms with van der Waals surface area (Å²) in [5, 5.41) is 14.2. The Balaban J connectivity index is 3.99. The van der Waals surface area contributed by atoms with Gasteiger partial charge in [0.15, 0.2) is 0 Å². The van der Waals surface area contributed by atoms with E-state index >= 15 is 0 Å². The van der Waals surface area contributed by atoms with E-state index < -0.39 is 20.0 Å². The number of rotatable bonds is 68. The van der Waals surface area contributed by atoms with Crippen LogP contribution in [0.1, 0.15) is 361 Å². The molecule has 0 aromatic rings. The maximum Gasteiger partial charge on any atom is 0.472 e. The maximum atomic E-state index is 13.1. The summed E-state index contributed by atoms with van der Waals surface area (Å²) in [5.41, 5.74) is 0. The van der Waals surface area contributed by atoms with Crippen LogP contribution >= 0.6 is 7.82 Å². The molecule has 3 atom stereocenters. The molecule has 3 N–H and O–H groups in total. The minimum absolute atomic E-state index is 0.0752. The Bertz CT molecular complexity index is 1550. The first-order valence-electron chi connectivity index (χ1n) is 36.7. The Morgan fingerprint density at radius 1 is 0.417 bits per heavy atom. The van der Waals surface area contributed by atoms with E-state index in [1.165, 1.54) is 263 Å². The first-order valence-corrected chi connectivity index (χ1v) is 38.1. The normalized spacial score (nSPS) is 13.9. The van der Waals surface area contributed by atoms with E-state index in [1.54, 1.807) is 0 Å². The third kappa shape index (κ3) is 67.7. The van der Waals surface area contributed by atoms with E-state index in [-0.39, 0.29) is 19.1 Å². The van der Waals surface area contributed by atoms with E-state index in [9.17, 15) is 19.4 Å². The standard InChI is InChI=1S/C75H143N2O6P/c1-6-8-10-12-14-16-18-20-22-24-26-28-30-32-34-36-37-38-39-41-43-45-47-49-51-53-55-57-59-61-63-65-67-69-75(79)76-73(72-83-84(80,81)82-71-70-77(3,4)5)74(78)68-66-64-62-60-58-56-54-52-50-48-46-44-42-40-35-33-31-29-27-25-23-21-19-17-15-13-11-9-7-2/h8,10,14,16,20,22,26,28,32,34,73-74,78H,6-7,9,11-13,15,17-19,21,23-25,27,29-31,33,35-72H2,1-5H3,(H-,76,79,80,81)/p+1/b10-8-,16-14-,22-20-,28-26-,34-32-. The SMILES string of the molecule is CC/C=C\C/C=C\C/C=C\C/C=C\C/C=C\CCCCCCCCCCCCCCCCCCCC(=O)NC(COP(=O)(O)OCC[N+](C)(C)C)C(O)CCCCCCCCCCCCCCCCCCCCCCCCCCCCCCC. The smallest absolute Gasteiger partial charge is 0.391 e. The van der Waals surface area contributed by atoms with Gasteiger partial charge in [0.2, 0.25) is 5.91 Å². The van der Waals surface area contributed by atoms with Crippen molar-refractivity contribution in [3.05, 3.63) is 60.8 Å². The number of likely N-dealkylation sites (N-methyl/N-ethyl adjacent to an activating group) is 1. The number of amides is 1. The van der Waals surface area contributed by atoms with E-state index in [1.807, 2.05) is 21.1 Å². The number of hydrogen-bond donors (Lipinski definition) is 3. The second kappa shape index (κ2) is 65.6. The average Bonchev–Trinajstić information content (AvgIpc) is 3.56. The minimum Gasteiger partial charge on any atom is -0.391 e. The van der Waals surface area contributed by atoms with Gasteiger partial charge in [0.05, 0.1) is 39.9 Å². The van der Waals surface area contributed by atoms with Gasteiger partial charge in [0, 0.05) is 6.42 Å². The summed E-state index contributed by atoms with van der Waals surface area (Å²) in [6, 6.07) is -0.764. The van der Waals surface area contributed by atoms with Crippen molar-refractivity contribution in [2.24, 2.45) is 0 Å². The van der Waals surface area contributed by atoms with Gasteiger partial charge in [-0.15, -0.1) is 0 Å². The molecule has 84 heavy (non-hydrogen) atoms. The molecule has 1 amide bonds. The molecule has 0 radical (unpaired) electrons. The molecule has 0 aliphatic rings. The average molecular weight is 1200 g/mol. The third-order valence-electron chi connectivity index (χ3n) is 16.8. The molecule has 0 spiro atoms. The van der Waals surface area contributed by atoms with Gasteiger partial charge < -0.3 is 19.8 Å². The molecule has 9 heteroatoms. The predicted molar refractivity (Wildman–Crippen MR) is 369 cm³/mol. The van der Waals surface area contributed by atoms with Gasteiger partial charge in [-0.25, -0.2) is 4.57 Å². The van der Waals surface area contributed by atoms with E-state index in [4.69, 9.17) is 9.05 Å². The van der Waals surface area contributed by atoms with E-state index in [2.05, 4.69) is 79.9 Å². The molecule has 8 nitrogen and oxygen atoms in total. The Kier molecular flexibility index (Phi) is 64.2. The number of allylic oxidation sites excluding steroid dienone is 10. The van der Waals surface area contributed by atoms with Gasteiger partial charge in [0.25, 0.3) is 0 Å². The Morgan fingerprint density at radius 2 is 0.714 bits per heavy atom. The van der Waals surface area contributed by atoms with Crippen molar-refractivity contribution in [3.63, 3.8) is 0 Å². The maximum absolute atomic E-state index is 13.1. The van der Waals surface area contributed by atoms with Gasteiger partial charge >= 0.3 is 7.82 Å². The lowest BCUT2D eigenvalue weighted by atomic mass is 10.0. The number of nitrogens with zero attached hydrogens (tertiary/aromatic N) is 1. The van der Waals surface area contributed by atoms with Gasteiger partial charge in [-0.2, -0.15) is 0 Å². The van der Waals surface area contributed by atoms with E-state index in [0.29, 0.717) is 23.9 Å². The molecule has 0 fully saturated rings. The molecule has 0 aromatic carbocycles. The van der Waals surface area contributed by atoms with Crippen molar-refractivity contribution in [1.82, 2.24) is 5.32 Å². The fraction of sp³-hybridized carbons (Fsp3) is 0.853. The van der Waals surface area contributed by atoms with Crippen LogP contribution in [0.3, 0.4) is 0 Å². The summed E-state index contributed by atoms with van der Waals surface area (Å²) in [7, 11) is 1.63. The number of carbonyl (C=O) groups excluding carboxylic acids is 1. The zero-order valence-corrected chi connectivity index (χ0v) is 57.5. The summed E-state index contributed by atoms with van der Waals surface area (Å²) in [5.74, 6) is -0.139. The van der Waals surface area contributed by atoms with Crippen molar-refractivity contribution in [2.45, 2.75) is 373 Å². The number of phosphoric ester groups is 1. The third-order valence-corrected chi connectivity index (χ3v) is 17.8. The molecule has 3 unspecified atom stereocenters. The van der Waals surface area contributed by atoms with Crippen LogP contribution in [-0.2, 0) is 18.4 Å². The summed E-state index contributed by atoms with van der Waals surface area (Å²) in [6.07, 6.45) is 90.5. The van der Waals surface area contributed by atoms with Crippen molar-refractivity contribution >= 4 is 13.7 Å². The summed E-state index contributed by atoms with van der Waals surface area (Å²) >= 11 is 0. The highest BCUT2D eigenvalue weighted by Gasteiger charge is 2.28. The minimum atomic E-state index is -4.33. The highest BCUT2D eigenvalue weighted by Crippen LogP contribution is 2.43.